The molecule has 2 rings (SSSR count). The summed E-state index contributed by atoms with van der Waals surface area (Å²) in [6, 6.07) is 2.03. The number of nitrogens with two attached hydrogens (primary N) is 1. The summed E-state index contributed by atoms with van der Waals surface area (Å²) in [6.07, 6.45) is 8.21. The molecule has 0 fully saturated rings. The molecule has 4 nitrogen and oxygen atoms in total. The first-order valence-electron chi connectivity index (χ1n) is 5.88. The fourth-order valence-corrected chi connectivity index (χ4v) is 1.91. The molecule has 0 aliphatic carbocycles. The Morgan fingerprint density at radius 1 is 1.41 bits per heavy atom. The molecule has 0 radical (unpaired) electrons. The third-order valence-corrected chi connectivity index (χ3v) is 2.87. The third kappa shape index (κ3) is 2.71. The Bertz CT molecular complexity index is 490. The van der Waals surface area contributed by atoms with E-state index in [2.05, 4.69) is 27.5 Å². The van der Waals surface area contributed by atoms with Crippen molar-refractivity contribution in [3.8, 4) is 0 Å². The molecular formula is C13H18N4. The van der Waals surface area contributed by atoms with Crippen LogP contribution in [0.15, 0.2) is 30.9 Å². The highest BCUT2D eigenvalue weighted by Gasteiger charge is 2.11. The third-order valence-electron chi connectivity index (χ3n) is 2.87. The molecule has 90 valence electrons. The lowest BCUT2D eigenvalue weighted by atomic mass is 10.1. The average Bonchev–Trinajstić information content (AvgIpc) is 2.76. The van der Waals surface area contributed by atoms with Crippen molar-refractivity contribution < 1.29 is 0 Å². The van der Waals surface area contributed by atoms with Gasteiger partial charge >= 0.3 is 0 Å². The Morgan fingerprint density at radius 3 is 2.94 bits per heavy atom. The Labute approximate surface area is 102 Å². The lowest BCUT2D eigenvalue weighted by Gasteiger charge is -2.12. The summed E-state index contributed by atoms with van der Waals surface area (Å²) >= 11 is 0. The van der Waals surface area contributed by atoms with E-state index in [0.29, 0.717) is 0 Å². The van der Waals surface area contributed by atoms with Crippen LogP contribution in [0.5, 0.6) is 0 Å². The van der Waals surface area contributed by atoms with Gasteiger partial charge in [-0.05, 0) is 25.0 Å². The molecular weight excluding hydrogens is 212 g/mol. The number of hydrogen-bond acceptors (Lipinski definition) is 3. The van der Waals surface area contributed by atoms with Crippen LogP contribution in [0.3, 0.4) is 0 Å². The minimum Gasteiger partial charge on any atom is -0.335 e. The van der Waals surface area contributed by atoms with E-state index < -0.39 is 0 Å². The molecule has 0 aromatic carbocycles. The molecule has 0 bridgehead atoms. The largest absolute Gasteiger partial charge is 0.335 e. The minimum absolute atomic E-state index is 0.0462. The van der Waals surface area contributed by atoms with Gasteiger partial charge in [0, 0.05) is 43.8 Å². The second-order valence-electron chi connectivity index (χ2n) is 4.24. The number of nitrogens with zero attached hydrogens (tertiary/aromatic N) is 3. The quantitative estimate of drug-likeness (QED) is 0.872. The van der Waals surface area contributed by atoms with E-state index in [-0.39, 0.29) is 6.04 Å². The monoisotopic (exact) mass is 230 g/mol. The van der Waals surface area contributed by atoms with Crippen molar-refractivity contribution in [3.05, 3.63) is 47.8 Å². The van der Waals surface area contributed by atoms with Gasteiger partial charge in [0.25, 0.3) is 0 Å². The van der Waals surface area contributed by atoms with Gasteiger partial charge in [0.15, 0.2) is 0 Å². The number of rotatable bonds is 4. The lowest BCUT2D eigenvalue weighted by molar-refractivity contribution is 0.626. The van der Waals surface area contributed by atoms with Gasteiger partial charge in [-0.25, -0.2) is 4.98 Å². The smallest absolute Gasteiger partial charge is 0.110 e. The van der Waals surface area contributed by atoms with Crippen LogP contribution in [0, 0.1) is 6.92 Å². The number of aryl methyl sites for hydroxylation is 2. The van der Waals surface area contributed by atoms with Crippen LogP contribution in [-0.2, 0) is 13.0 Å². The molecule has 0 spiro atoms. The molecule has 0 aliphatic heterocycles. The first-order valence-corrected chi connectivity index (χ1v) is 5.88. The highest BCUT2D eigenvalue weighted by Crippen LogP contribution is 2.15. The molecule has 4 heteroatoms. The maximum absolute atomic E-state index is 6.19. The van der Waals surface area contributed by atoms with Gasteiger partial charge < -0.3 is 10.3 Å². The first kappa shape index (κ1) is 11.8. The summed E-state index contributed by atoms with van der Waals surface area (Å²) in [7, 11) is 0. The molecule has 1 atom stereocenters. The summed E-state index contributed by atoms with van der Waals surface area (Å²) in [5.41, 5.74) is 8.39. The van der Waals surface area contributed by atoms with Gasteiger partial charge in [0.05, 0.1) is 0 Å². The van der Waals surface area contributed by atoms with Crippen molar-refractivity contribution in [2.24, 2.45) is 5.73 Å². The van der Waals surface area contributed by atoms with Gasteiger partial charge in [0.1, 0.15) is 5.82 Å². The molecule has 0 saturated heterocycles. The Morgan fingerprint density at radius 2 is 2.24 bits per heavy atom. The molecule has 17 heavy (non-hydrogen) atoms. The summed E-state index contributed by atoms with van der Waals surface area (Å²) in [6.45, 7) is 5.05. The van der Waals surface area contributed by atoms with Crippen LogP contribution in [0.2, 0.25) is 0 Å². The summed E-state index contributed by atoms with van der Waals surface area (Å²) in [5.74, 6) is 1.03. The lowest BCUT2D eigenvalue weighted by Crippen LogP contribution is -2.16. The van der Waals surface area contributed by atoms with E-state index in [1.54, 1.807) is 0 Å². The Kier molecular flexibility index (Phi) is 3.54. The molecule has 2 aromatic rings. The van der Waals surface area contributed by atoms with Crippen molar-refractivity contribution in [3.63, 3.8) is 0 Å². The molecule has 1 unspecified atom stereocenters. The van der Waals surface area contributed by atoms with Crippen LogP contribution >= 0.6 is 0 Å². The second-order valence-corrected chi connectivity index (χ2v) is 4.24. The average molecular weight is 230 g/mol. The fourth-order valence-electron chi connectivity index (χ4n) is 1.91. The van der Waals surface area contributed by atoms with Gasteiger partial charge in [-0.15, -0.1) is 0 Å². The van der Waals surface area contributed by atoms with Crippen molar-refractivity contribution in [2.45, 2.75) is 32.9 Å². The topological polar surface area (TPSA) is 56.7 Å². The zero-order valence-electron chi connectivity index (χ0n) is 10.3. The molecule has 0 saturated carbocycles. The van der Waals surface area contributed by atoms with E-state index in [0.717, 1.165) is 29.9 Å². The molecule has 2 aromatic heterocycles. The van der Waals surface area contributed by atoms with Crippen LogP contribution < -0.4 is 5.73 Å². The molecule has 0 aliphatic rings. The molecule has 2 N–H and O–H groups in total. The van der Waals surface area contributed by atoms with E-state index in [9.17, 15) is 0 Å². The van der Waals surface area contributed by atoms with E-state index >= 15 is 0 Å². The number of hydrogen-bond donors (Lipinski definition) is 1. The van der Waals surface area contributed by atoms with Crippen LogP contribution in [0.4, 0.5) is 0 Å². The van der Waals surface area contributed by atoms with Crippen molar-refractivity contribution in [1.29, 1.82) is 0 Å². The van der Waals surface area contributed by atoms with Crippen LogP contribution in [-0.4, -0.2) is 14.5 Å². The number of pyridine rings is 1. The van der Waals surface area contributed by atoms with E-state index in [4.69, 9.17) is 5.73 Å². The first-order chi connectivity index (χ1) is 8.20. The standard InChI is InChI=1S/C13H18N4/c1-3-17-5-4-16-13(17)7-12(14)11-6-10(2)8-15-9-11/h4-6,8-9,12H,3,7,14H2,1-2H3. The fraction of sp³-hybridized carbons (Fsp3) is 0.385. The van der Waals surface area contributed by atoms with E-state index in [1.165, 1.54) is 0 Å². The highest BCUT2D eigenvalue weighted by molar-refractivity contribution is 5.20. The summed E-state index contributed by atoms with van der Waals surface area (Å²) < 4.78 is 2.11. The van der Waals surface area contributed by atoms with Gasteiger partial charge in [-0.2, -0.15) is 0 Å². The van der Waals surface area contributed by atoms with Gasteiger partial charge in [-0.3, -0.25) is 4.98 Å². The van der Waals surface area contributed by atoms with Gasteiger partial charge in [-0.1, -0.05) is 6.07 Å². The zero-order valence-corrected chi connectivity index (χ0v) is 10.3. The summed E-state index contributed by atoms with van der Waals surface area (Å²) in [4.78, 5) is 8.51. The normalized spacial score (nSPS) is 12.6. The second kappa shape index (κ2) is 5.10. The molecule has 2 heterocycles. The highest BCUT2D eigenvalue weighted by atomic mass is 15.1. The predicted octanol–water partition coefficient (Wildman–Crippen LogP) is 1.85. The Hall–Kier alpha value is -1.68. The van der Waals surface area contributed by atoms with E-state index in [1.807, 2.05) is 31.7 Å². The zero-order chi connectivity index (χ0) is 12.3. The van der Waals surface area contributed by atoms with Crippen LogP contribution in [0.25, 0.3) is 0 Å². The van der Waals surface area contributed by atoms with Gasteiger partial charge in [0.2, 0.25) is 0 Å². The number of imidazole rings is 1. The molecule has 0 amide bonds. The maximum atomic E-state index is 6.19. The minimum atomic E-state index is -0.0462. The van der Waals surface area contributed by atoms with Crippen molar-refractivity contribution in [2.75, 3.05) is 0 Å². The maximum Gasteiger partial charge on any atom is 0.110 e. The van der Waals surface area contributed by atoms with Crippen molar-refractivity contribution in [1.82, 2.24) is 14.5 Å². The summed E-state index contributed by atoms with van der Waals surface area (Å²) in [5, 5.41) is 0. The Balaban J connectivity index is 2.14. The van der Waals surface area contributed by atoms with Crippen molar-refractivity contribution >= 4 is 0 Å². The predicted molar refractivity (Wildman–Crippen MR) is 67.5 cm³/mol. The number of aromatic nitrogens is 3. The SMILES string of the molecule is CCn1ccnc1CC(N)c1cncc(C)c1. The van der Waals surface area contributed by atoms with Crippen LogP contribution in [0.1, 0.15) is 29.9 Å².